The topological polar surface area (TPSA) is 100 Å². The molecule has 0 bridgehead atoms. The number of thiocarbonyl (C=S) groups is 1. The first-order valence-corrected chi connectivity index (χ1v) is 10.8. The van der Waals surface area contributed by atoms with E-state index in [0.717, 1.165) is 21.7 Å². The molecule has 0 saturated carbocycles. The van der Waals surface area contributed by atoms with Gasteiger partial charge in [0.05, 0.1) is 4.90 Å². The van der Waals surface area contributed by atoms with Crippen molar-refractivity contribution in [1.29, 1.82) is 0 Å². The van der Waals surface area contributed by atoms with Gasteiger partial charge in [0.1, 0.15) is 5.58 Å². The maximum Gasteiger partial charge on any atom is 0.336 e. The van der Waals surface area contributed by atoms with E-state index in [4.69, 9.17) is 16.6 Å². The van der Waals surface area contributed by atoms with Crippen molar-refractivity contribution in [2.24, 2.45) is 0 Å². The Bertz CT molecular complexity index is 1450. The van der Waals surface area contributed by atoms with E-state index in [2.05, 4.69) is 15.6 Å². The van der Waals surface area contributed by atoms with Crippen molar-refractivity contribution < 1.29 is 12.8 Å². The van der Waals surface area contributed by atoms with Gasteiger partial charge in [-0.1, -0.05) is 30.3 Å². The monoisotopic (exact) mass is 439 g/mol. The average molecular weight is 440 g/mol. The Morgan fingerprint density at radius 2 is 1.73 bits per heavy atom. The number of fused-ring (bicyclic) bond motifs is 2. The number of anilines is 1. The molecule has 0 spiro atoms. The molecule has 4 rings (SSSR count). The van der Waals surface area contributed by atoms with Crippen molar-refractivity contribution in [3.8, 4) is 0 Å². The van der Waals surface area contributed by atoms with Crippen LogP contribution in [0.2, 0.25) is 0 Å². The van der Waals surface area contributed by atoms with E-state index < -0.39 is 15.6 Å². The lowest BCUT2D eigenvalue weighted by molar-refractivity contribution is 0.560. The second-order valence-corrected chi connectivity index (χ2v) is 8.74. The predicted octanol–water partition coefficient (Wildman–Crippen LogP) is 3.43. The SMILES string of the molecule is Cc1cc(=O)oc2cc(NC(=S)NNS(=O)(=O)c3ccc4ccccc4c3)ccc12. The van der Waals surface area contributed by atoms with Crippen LogP contribution < -0.4 is 21.2 Å². The van der Waals surface area contributed by atoms with E-state index in [1.54, 1.807) is 30.3 Å². The minimum atomic E-state index is -3.83. The van der Waals surface area contributed by atoms with E-state index in [0.29, 0.717) is 11.3 Å². The fourth-order valence-electron chi connectivity index (χ4n) is 3.07. The molecule has 3 aromatic carbocycles. The van der Waals surface area contributed by atoms with E-state index in [9.17, 15) is 13.2 Å². The number of aryl methyl sites for hydroxylation is 1. The third-order valence-electron chi connectivity index (χ3n) is 4.54. The molecular formula is C21H17N3O4S2. The summed E-state index contributed by atoms with van der Waals surface area (Å²) in [6.45, 7) is 1.82. The van der Waals surface area contributed by atoms with Crippen molar-refractivity contribution >= 4 is 54.8 Å². The van der Waals surface area contributed by atoms with E-state index in [1.165, 1.54) is 12.1 Å². The van der Waals surface area contributed by atoms with Crippen LogP contribution in [0, 0.1) is 6.92 Å². The van der Waals surface area contributed by atoms with Crippen LogP contribution in [0.4, 0.5) is 5.69 Å². The minimum Gasteiger partial charge on any atom is -0.423 e. The summed E-state index contributed by atoms with van der Waals surface area (Å²) in [6, 6.07) is 18.9. The van der Waals surface area contributed by atoms with E-state index in [-0.39, 0.29) is 10.0 Å². The van der Waals surface area contributed by atoms with Crippen LogP contribution >= 0.6 is 12.2 Å². The van der Waals surface area contributed by atoms with Crippen molar-refractivity contribution in [3.05, 3.63) is 82.7 Å². The highest BCUT2D eigenvalue weighted by molar-refractivity contribution is 7.89. The summed E-state index contributed by atoms with van der Waals surface area (Å²) in [5.74, 6) is 0. The molecule has 0 saturated heterocycles. The van der Waals surface area contributed by atoms with Crippen LogP contribution in [-0.4, -0.2) is 13.5 Å². The van der Waals surface area contributed by atoms with Crippen LogP contribution in [0.5, 0.6) is 0 Å². The number of sulfonamides is 1. The fourth-order valence-corrected chi connectivity index (χ4v) is 4.19. The average Bonchev–Trinajstić information content (AvgIpc) is 2.71. The molecule has 30 heavy (non-hydrogen) atoms. The van der Waals surface area contributed by atoms with Crippen molar-refractivity contribution in [2.75, 3.05) is 5.32 Å². The molecule has 3 N–H and O–H groups in total. The van der Waals surface area contributed by atoms with Gasteiger partial charge in [0.2, 0.25) is 0 Å². The van der Waals surface area contributed by atoms with Gasteiger partial charge in [0.15, 0.2) is 5.11 Å². The predicted molar refractivity (Wildman–Crippen MR) is 121 cm³/mol. The second kappa shape index (κ2) is 7.86. The first-order valence-electron chi connectivity index (χ1n) is 8.94. The summed E-state index contributed by atoms with van der Waals surface area (Å²) in [5, 5.41) is 5.45. The molecule has 152 valence electrons. The molecule has 1 heterocycles. The molecule has 0 amide bonds. The molecular weight excluding hydrogens is 422 g/mol. The quantitative estimate of drug-likeness (QED) is 0.254. The number of hydrogen-bond acceptors (Lipinski definition) is 5. The van der Waals surface area contributed by atoms with Gasteiger partial charge in [-0.2, -0.15) is 0 Å². The van der Waals surface area contributed by atoms with E-state index >= 15 is 0 Å². The highest BCUT2D eigenvalue weighted by Gasteiger charge is 2.15. The minimum absolute atomic E-state index is 0.0358. The van der Waals surface area contributed by atoms with Crippen LogP contribution in [0.1, 0.15) is 5.56 Å². The maximum atomic E-state index is 12.6. The van der Waals surface area contributed by atoms with Gasteiger partial charge < -0.3 is 9.73 Å². The van der Waals surface area contributed by atoms with E-state index in [1.807, 2.05) is 31.2 Å². The van der Waals surface area contributed by atoms with Gasteiger partial charge >= 0.3 is 5.63 Å². The summed E-state index contributed by atoms with van der Waals surface area (Å²) in [4.78, 5) is 13.9. The van der Waals surface area contributed by atoms with Gasteiger partial charge in [-0.05, 0) is 59.7 Å². The molecule has 1 aromatic heterocycles. The number of rotatable bonds is 4. The Labute approximate surface area is 177 Å². The van der Waals surface area contributed by atoms with Crippen molar-refractivity contribution in [2.45, 2.75) is 11.8 Å². The summed E-state index contributed by atoms with van der Waals surface area (Å²) >= 11 is 5.16. The largest absolute Gasteiger partial charge is 0.423 e. The summed E-state index contributed by atoms with van der Waals surface area (Å²) in [6.07, 6.45) is 0. The number of hydrazine groups is 1. The van der Waals surface area contributed by atoms with Crippen molar-refractivity contribution in [1.82, 2.24) is 10.3 Å². The van der Waals surface area contributed by atoms with Crippen LogP contribution in [0.15, 0.2) is 80.8 Å². The Kier molecular flexibility index (Phi) is 5.25. The Hall–Kier alpha value is -3.27. The summed E-state index contributed by atoms with van der Waals surface area (Å²) < 4.78 is 30.3. The first-order chi connectivity index (χ1) is 14.3. The molecule has 4 aromatic rings. The van der Waals surface area contributed by atoms with Crippen LogP contribution in [0.25, 0.3) is 21.7 Å². The number of benzene rings is 3. The molecule has 0 aliphatic heterocycles. The lowest BCUT2D eigenvalue weighted by atomic mass is 10.1. The molecule has 0 radical (unpaired) electrons. The highest BCUT2D eigenvalue weighted by atomic mass is 32.2. The molecule has 0 unspecified atom stereocenters. The molecule has 0 aliphatic rings. The fraction of sp³-hybridized carbons (Fsp3) is 0.0476. The molecule has 7 nitrogen and oxygen atoms in total. The Morgan fingerprint density at radius 3 is 2.53 bits per heavy atom. The number of hydrogen-bond donors (Lipinski definition) is 3. The molecule has 9 heteroatoms. The lowest BCUT2D eigenvalue weighted by Gasteiger charge is -2.13. The molecule has 0 aliphatic carbocycles. The summed E-state index contributed by atoms with van der Waals surface area (Å²) in [5.41, 5.74) is 3.79. The zero-order valence-corrected chi connectivity index (χ0v) is 17.4. The van der Waals surface area contributed by atoms with Crippen molar-refractivity contribution in [3.63, 3.8) is 0 Å². The summed E-state index contributed by atoms with van der Waals surface area (Å²) in [7, 11) is -3.83. The lowest BCUT2D eigenvalue weighted by Crippen LogP contribution is -2.43. The standard InChI is InChI=1S/C21H17N3O4S2/c1-13-10-20(25)28-19-12-16(7-9-18(13)19)22-21(29)23-24-30(26,27)17-8-6-14-4-2-3-5-15(14)11-17/h2-12,24H,1H3,(H2,22,23,29). The second-order valence-electron chi connectivity index (χ2n) is 6.65. The van der Waals surface area contributed by atoms with Gasteiger partial charge in [0.25, 0.3) is 10.0 Å². The normalized spacial score (nSPS) is 11.5. The van der Waals surface area contributed by atoms with Gasteiger partial charge in [0, 0.05) is 23.2 Å². The molecule has 0 fully saturated rings. The van der Waals surface area contributed by atoms with Gasteiger partial charge in [-0.3, -0.25) is 5.43 Å². The zero-order valence-electron chi connectivity index (χ0n) is 15.8. The number of nitrogens with one attached hydrogen (secondary N) is 3. The third kappa shape index (κ3) is 4.18. The Morgan fingerprint density at radius 1 is 0.967 bits per heavy atom. The highest BCUT2D eigenvalue weighted by Crippen LogP contribution is 2.21. The third-order valence-corrected chi connectivity index (χ3v) is 5.99. The van der Waals surface area contributed by atoms with Crippen LogP contribution in [0.3, 0.4) is 0 Å². The first kappa shape index (κ1) is 20.0. The van der Waals surface area contributed by atoms with Gasteiger partial charge in [-0.25, -0.2) is 13.2 Å². The Balaban J connectivity index is 1.47. The van der Waals surface area contributed by atoms with Gasteiger partial charge in [-0.15, -0.1) is 4.83 Å². The maximum absolute atomic E-state index is 12.6. The smallest absolute Gasteiger partial charge is 0.336 e. The zero-order chi connectivity index (χ0) is 21.3. The van der Waals surface area contributed by atoms with Crippen LogP contribution in [-0.2, 0) is 10.0 Å². The molecule has 0 atom stereocenters.